The second kappa shape index (κ2) is 7.33. The molecule has 0 aliphatic carbocycles. The average molecular weight is 413 g/mol. The predicted octanol–water partition coefficient (Wildman–Crippen LogP) is 2.96. The number of hydrogen-bond donors (Lipinski definition) is 1. The quantitative estimate of drug-likeness (QED) is 0.818. The first-order valence-corrected chi connectivity index (χ1v) is 9.16. The molecule has 0 saturated carbocycles. The highest BCUT2D eigenvalue weighted by Crippen LogP contribution is 2.29. The zero-order valence-electron chi connectivity index (χ0n) is 13.4. The monoisotopic (exact) mass is 412 g/mol. The fourth-order valence-corrected chi connectivity index (χ4v) is 3.30. The Hall–Kier alpha value is -1.90. The van der Waals surface area contributed by atoms with Gasteiger partial charge < -0.3 is 10.1 Å². The normalized spacial score (nSPS) is 11.4. The minimum Gasteiger partial charge on any atom is -0.495 e. The maximum Gasteiger partial charge on any atom is 0.255 e. The molecule has 0 aromatic heterocycles. The van der Waals surface area contributed by atoms with Crippen LogP contribution in [0.5, 0.6) is 5.75 Å². The van der Waals surface area contributed by atoms with Crippen molar-refractivity contribution in [2.24, 2.45) is 0 Å². The van der Waals surface area contributed by atoms with Gasteiger partial charge >= 0.3 is 0 Å². The molecule has 1 N–H and O–H groups in total. The molecule has 2 aromatic rings. The molecule has 6 nitrogen and oxygen atoms in total. The second-order valence-electron chi connectivity index (χ2n) is 5.11. The third-order valence-corrected chi connectivity index (χ3v) is 5.65. The van der Waals surface area contributed by atoms with Gasteiger partial charge in [0, 0.05) is 29.8 Å². The second-order valence-corrected chi connectivity index (χ2v) is 8.15. The van der Waals surface area contributed by atoms with Gasteiger partial charge in [0.2, 0.25) is 10.0 Å². The maximum absolute atomic E-state index is 12.4. The van der Waals surface area contributed by atoms with E-state index in [0.717, 1.165) is 8.78 Å². The standard InChI is InChI=1S/C16H17BrN2O4S/c1-19(2)24(21,22)15-10-13(8-9-14(15)23-3)18-16(20)11-4-6-12(17)7-5-11/h4-10H,1-3H3,(H,18,20). The van der Waals surface area contributed by atoms with E-state index < -0.39 is 10.0 Å². The number of benzene rings is 2. The topological polar surface area (TPSA) is 75.7 Å². The molecule has 0 spiro atoms. The number of rotatable bonds is 5. The number of sulfonamides is 1. The maximum atomic E-state index is 12.4. The van der Waals surface area contributed by atoms with E-state index in [1.165, 1.54) is 33.3 Å². The van der Waals surface area contributed by atoms with Crippen LogP contribution in [0.4, 0.5) is 5.69 Å². The minimum absolute atomic E-state index is 0.0105. The Morgan fingerprint density at radius 3 is 2.29 bits per heavy atom. The summed E-state index contributed by atoms with van der Waals surface area (Å²) in [7, 11) is 0.560. The molecular weight excluding hydrogens is 396 g/mol. The summed E-state index contributed by atoms with van der Waals surface area (Å²) in [6.45, 7) is 0. The molecule has 2 rings (SSSR count). The van der Waals surface area contributed by atoms with Gasteiger partial charge in [0.1, 0.15) is 10.6 Å². The van der Waals surface area contributed by atoms with E-state index in [1.807, 2.05) is 0 Å². The molecular formula is C16H17BrN2O4S. The Morgan fingerprint density at radius 2 is 1.75 bits per heavy atom. The highest BCUT2D eigenvalue weighted by Gasteiger charge is 2.23. The molecule has 0 fully saturated rings. The van der Waals surface area contributed by atoms with Crippen LogP contribution >= 0.6 is 15.9 Å². The summed E-state index contributed by atoms with van der Waals surface area (Å²) in [6, 6.07) is 11.3. The first-order chi connectivity index (χ1) is 11.3. The number of carbonyl (C=O) groups excluding carboxylic acids is 1. The van der Waals surface area contributed by atoms with E-state index in [-0.39, 0.29) is 16.6 Å². The Bertz CT molecular complexity index is 849. The van der Waals surface area contributed by atoms with Crippen LogP contribution in [0.3, 0.4) is 0 Å². The van der Waals surface area contributed by atoms with Crippen LogP contribution in [0.25, 0.3) is 0 Å². The molecule has 8 heteroatoms. The summed E-state index contributed by atoms with van der Waals surface area (Å²) in [4.78, 5) is 12.2. The number of methoxy groups -OCH3 is 1. The molecule has 0 heterocycles. The van der Waals surface area contributed by atoms with E-state index >= 15 is 0 Å². The molecule has 128 valence electrons. The highest BCUT2D eigenvalue weighted by molar-refractivity contribution is 9.10. The smallest absolute Gasteiger partial charge is 0.255 e. The van der Waals surface area contributed by atoms with Gasteiger partial charge in [0.05, 0.1) is 7.11 Å². The van der Waals surface area contributed by atoms with Crippen LogP contribution < -0.4 is 10.1 Å². The third kappa shape index (κ3) is 3.95. The molecule has 0 bridgehead atoms. The van der Waals surface area contributed by atoms with E-state index in [9.17, 15) is 13.2 Å². The van der Waals surface area contributed by atoms with Crippen molar-refractivity contribution in [1.29, 1.82) is 0 Å². The fraction of sp³-hybridized carbons (Fsp3) is 0.188. The van der Waals surface area contributed by atoms with Crippen molar-refractivity contribution in [3.05, 3.63) is 52.5 Å². The predicted molar refractivity (Wildman–Crippen MR) is 96.0 cm³/mol. The van der Waals surface area contributed by atoms with Crippen molar-refractivity contribution in [1.82, 2.24) is 4.31 Å². The van der Waals surface area contributed by atoms with Crippen LogP contribution in [-0.2, 0) is 10.0 Å². The van der Waals surface area contributed by atoms with Crippen LogP contribution in [-0.4, -0.2) is 39.8 Å². The van der Waals surface area contributed by atoms with Crippen LogP contribution in [0.15, 0.2) is 51.8 Å². The molecule has 24 heavy (non-hydrogen) atoms. The summed E-state index contributed by atoms with van der Waals surface area (Å²) in [6.07, 6.45) is 0. The molecule has 2 aromatic carbocycles. The van der Waals surface area contributed by atoms with Gasteiger partial charge in [-0.15, -0.1) is 0 Å². The summed E-state index contributed by atoms with van der Waals surface area (Å²) in [5, 5.41) is 2.69. The lowest BCUT2D eigenvalue weighted by molar-refractivity contribution is 0.102. The number of carbonyl (C=O) groups is 1. The van der Waals surface area contributed by atoms with Gasteiger partial charge in [-0.05, 0) is 42.5 Å². The van der Waals surface area contributed by atoms with Gasteiger partial charge in [-0.25, -0.2) is 12.7 Å². The van der Waals surface area contributed by atoms with Crippen molar-refractivity contribution < 1.29 is 17.9 Å². The largest absolute Gasteiger partial charge is 0.495 e. The summed E-state index contributed by atoms with van der Waals surface area (Å²) >= 11 is 3.31. The van der Waals surface area contributed by atoms with Crippen molar-refractivity contribution in [2.45, 2.75) is 4.90 Å². The minimum atomic E-state index is -3.70. The Kier molecular flexibility index (Phi) is 5.63. The van der Waals surface area contributed by atoms with Gasteiger partial charge in [0.25, 0.3) is 5.91 Å². The Morgan fingerprint density at radius 1 is 1.12 bits per heavy atom. The van der Waals surface area contributed by atoms with Crippen LogP contribution in [0.2, 0.25) is 0 Å². The molecule has 0 atom stereocenters. The SMILES string of the molecule is COc1ccc(NC(=O)c2ccc(Br)cc2)cc1S(=O)(=O)N(C)C. The van der Waals surface area contributed by atoms with Gasteiger partial charge in [-0.3, -0.25) is 4.79 Å². The zero-order chi connectivity index (χ0) is 17.9. The van der Waals surface area contributed by atoms with E-state index in [1.54, 1.807) is 30.3 Å². The molecule has 0 aliphatic rings. The van der Waals surface area contributed by atoms with Crippen molar-refractivity contribution in [3.63, 3.8) is 0 Å². The lowest BCUT2D eigenvalue weighted by Gasteiger charge is -2.16. The van der Waals surface area contributed by atoms with Crippen LogP contribution in [0.1, 0.15) is 10.4 Å². The first-order valence-electron chi connectivity index (χ1n) is 6.93. The lowest BCUT2D eigenvalue weighted by Crippen LogP contribution is -2.23. The summed E-state index contributed by atoms with van der Waals surface area (Å²) in [5.41, 5.74) is 0.829. The molecule has 0 unspecified atom stereocenters. The van der Waals surface area contributed by atoms with Crippen molar-refractivity contribution in [3.8, 4) is 5.75 Å². The molecule has 0 saturated heterocycles. The molecule has 0 radical (unpaired) electrons. The van der Waals surface area contributed by atoms with Crippen molar-refractivity contribution >= 4 is 37.5 Å². The lowest BCUT2D eigenvalue weighted by atomic mass is 10.2. The number of amides is 1. The first kappa shape index (κ1) is 18.4. The Labute approximate surface area is 149 Å². The average Bonchev–Trinajstić information content (AvgIpc) is 2.55. The van der Waals surface area contributed by atoms with E-state index in [0.29, 0.717) is 11.3 Å². The number of halogens is 1. The Balaban J connectivity index is 2.35. The summed E-state index contributed by atoms with van der Waals surface area (Å²) in [5.74, 6) is -0.119. The van der Waals surface area contributed by atoms with E-state index in [4.69, 9.17) is 4.74 Å². The summed E-state index contributed by atoms with van der Waals surface area (Å²) < 4.78 is 31.8. The number of anilines is 1. The number of nitrogens with one attached hydrogen (secondary N) is 1. The molecule has 0 aliphatic heterocycles. The van der Waals surface area contributed by atoms with Gasteiger partial charge in [0.15, 0.2) is 0 Å². The number of ether oxygens (including phenoxy) is 1. The molecule has 1 amide bonds. The number of hydrogen-bond acceptors (Lipinski definition) is 4. The van der Waals surface area contributed by atoms with Gasteiger partial charge in [-0.1, -0.05) is 15.9 Å². The zero-order valence-corrected chi connectivity index (χ0v) is 15.8. The third-order valence-electron chi connectivity index (χ3n) is 3.29. The number of nitrogens with zero attached hydrogens (tertiary/aromatic N) is 1. The van der Waals surface area contributed by atoms with Crippen molar-refractivity contribution in [2.75, 3.05) is 26.5 Å². The fourth-order valence-electron chi connectivity index (χ4n) is 1.96. The van der Waals surface area contributed by atoms with Crippen LogP contribution in [0, 0.1) is 0 Å². The van der Waals surface area contributed by atoms with E-state index in [2.05, 4.69) is 21.2 Å². The van der Waals surface area contributed by atoms with Gasteiger partial charge in [-0.2, -0.15) is 0 Å². The highest BCUT2D eigenvalue weighted by atomic mass is 79.9.